The minimum atomic E-state index is 0.619. The molecule has 0 bridgehead atoms. The fourth-order valence-corrected chi connectivity index (χ4v) is 2.78. The average Bonchev–Trinajstić information content (AvgIpc) is 2.47. The lowest BCUT2D eigenvalue weighted by molar-refractivity contribution is 0.443. The molecule has 2 rings (SSSR count). The van der Waals surface area contributed by atoms with Gasteiger partial charge in [-0.05, 0) is 38.1 Å². The molecule has 0 aliphatic carbocycles. The van der Waals surface area contributed by atoms with E-state index in [9.17, 15) is 0 Å². The van der Waals surface area contributed by atoms with Gasteiger partial charge in [0.2, 0.25) is 5.95 Å². The first-order chi connectivity index (χ1) is 9.70. The van der Waals surface area contributed by atoms with Gasteiger partial charge >= 0.3 is 0 Å². The number of nitrogens with one attached hydrogen (secondary N) is 1. The van der Waals surface area contributed by atoms with E-state index in [1.165, 1.54) is 31.2 Å². The number of hydrogen-bond donors (Lipinski definition) is 1. The van der Waals surface area contributed by atoms with Crippen molar-refractivity contribution in [2.24, 2.45) is 5.92 Å². The van der Waals surface area contributed by atoms with Gasteiger partial charge in [0, 0.05) is 37.1 Å². The molecule has 4 nitrogen and oxygen atoms in total. The maximum absolute atomic E-state index is 4.57. The van der Waals surface area contributed by atoms with Crippen molar-refractivity contribution in [1.29, 1.82) is 0 Å². The predicted octanol–water partition coefficient (Wildman–Crippen LogP) is 2.99. The van der Waals surface area contributed by atoms with Crippen molar-refractivity contribution < 1.29 is 0 Å². The van der Waals surface area contributed by atoms with Crippen LogP contribution in [0.1, 0.15) is 52.0 Å². The summed E-state index contributed by atoms with van der Waals surface area (Å²) in [4.78, 5) is 11.5. The quantitative estimate of drug-likeness (QED) is 0.867. The Morgan fingerprint density at radius 3 is 2.70 bits per heavy atom. The Morgan fingerprint density at radius 1 is 1.30 bits per heavy atom. The summed E-state index contributed by atoms with van der Waals surface area (Å²) in [5.74, 6) is 1.58. The summed E-state index contributed by atoms with van der Waals surface area (Å²) in [6.45, 7) is 9.68. The highest BCUT2D eigenvalue weighted by Crippen LogP contribution is 2.23. The standard InChI is InChI=1S/C16H28N4/c1-4-15-7-5-6-8-20(15)16-18-11-14(12-19-16)10-17-9-13(2)3/h11-13,15,17H,4-10H2,1-3H3. The van der Waals surface area contributed by atoms with Crippen molar-refractivity contribution in [1.82, 2.24) is 15.3 Å². The van der Waals surface area contributed by atoms with Gasteiger partial charge in [-0.2, -0.15) is 0 Å². The summed E-state index contributed by atoms with van der Waals surface area (Å²) in [7, 11) is 0. The van der Waals surface area contributed by atoms with Crippen LogP contribution in [-0.4, -0.2) is 29.1 Å². The number of aromatic nitrogens is 2. The molecule has 1 aromatic heterocycles. The number of hydrogen-bond acceptors (Lipinski definition) is 4. The van der Waals surface area contributed by atoms with Crippen molar-refractivity contribution in [2.75, 3.05) is 18.0 Å². The van der Waals surface area contributed by atoms with Crippen LogP contribution in [0.15, 0.2) is 12.4 Å². The van der Waals surface area contributed by atoms with E-state index in [0.717, 1.165) is 25.6 Å². The molecular formula is C16H28N4. The molecule has 1 aromatic rings. The Hall–Kier alpha value is -1.16. The van der Waals surface area contributed by atoms with Crippen molar-refractivity contribution in [2.45, 2.75) is 59.0 Å². The molecule has 0 radical (unpaired) electrons. The highest BCUT2D eigenvalue weighted by atomic mass is 15.3. The lowest BCUT2D eigenvalue weighted by atomic mass is 10.0. The third-order valence-corrected chi connectivity index (χ3v) is 3.93. The molecule has 0 saturated carbocycles. The SMILES string of the molecule is CCC1CCCCN1c1ncc(CNCC(C)C)cn1. The molecule has 112 valence electrons. The molecule has 1 atom stereocenters. The predicted molar refractivity (Wildman–Crippen MR) is 83.9 cm³/mol. The van der Waals surface area contributed by atoms with Crippen molar-refractivity contribution in [3.05, 3.63) is 18.0 Å². The summed E-state index contributed by atoms with van der Waals surface area (Å²) < 4.78 is 0. The van der Waals surface area contributed by atoms with Crippen LogP contribution in [0.5, 0.6) is 0 Å². The Labute approximate surface area is 123 Å². The molecule has 0 aromatic carbocycles. The minimum Gasteiger partial charge on any atom is -0.338 e. The van der Waals surface area contributed by atoms with Gasteiger partial charge in [-0.25, -0.2) is 9.97 Å². The highest BCUT2D eigenvalue weighted by molar-refractivity contribution is 5.32. The van der Waals surface area contributed by atoms with E-state index < -0.39 is 0 Å². The number of anilines is 1. The van der Waals surface area contributed by atoms with E-state index >= 15 is 0 Å². The zero-order valence-electron chi connectivity index (χ0n) is 13.1. The molecule has 20 heavy (non-hydrogen) atoms. The zero-order chi connectivity index (χ0) is 14.4. The first-order valence-corrected chi connectivity index (χ1v) is 7.99. The maximum Gasteiger partial charge on any atom is 0.225 e. The maximum atomic E-state index is 4.57. The van der Waals surface area contributed by atoms with Crippen LogP contribution in [0.25, 0.3) is 0 Å². The minimum absolute atomic E-state index is 0.619. The van der Waals surface area contributed by atoms with Crippen LogP contribution in [-0.2, 0) is 6.54 Å². The normalized spacial score (nSPS) is 19.6. The van der Waals surface area contributed by atoms with Gasteiger partial charge in [-0.1, -0.05) is 20.8 Å². The van der Waals surface area contributed by atoms with Crippen molar-refractivity contribution in [3.63, 3.8) is 0 Å². The van der Waals surface area contributed by atoms with E-state index in [1.807, 2.05) is 12.4 Å². The molecule has 4 heteroatoms. The van der Waals surface area contributed by atoms with Gasteiger partial charge in [0.15, 0.2) is 0 Å². The fourth-order valence-electron chi connectivity index (χ4n) is 2.78. The van der Waals surface area contributed by atoms with E-state index in [4.69, 9.17) is 0 Å². The number of piperidine rings is 1. The molecule has 1 unspecified atom stereocenters. The summed E-state index contributed by atoms with van der Waals surface area (Å²) in [6, 6.07) is 0.619. The van der Waals surface area contributed by atoms with Crippen LogP contribution >= 0.6 is 0 Å². The molecule has 1 fully saturated rings. The second kappa shape index (κ2) is 7.58. The molecule has 1 aliphatic heterocycles. The van der Waals surface area contributed by atoms with E-state index in [0.29, 0.717) is 12.0 Å². The van der Waals surface area contributed by atoms with Gasteiger partial charge in [0.05, 0.1) is 0 Å². The summed E-state index contributed by atoms with van der Waals surface area (Å²) in [6.07, 6.45) is 9.00. The first kappa shape index (κ1) is 15.2. The lowest BCUT2D eigenvalue weighted by Gasteiger charge is -2.35. The van der Waals surface area contributed by atoms with Crippen LogP contribution in [0.3, 0.4) is 0 Å². The van der Waals surface area contributed by atoms with E-state index in [-0.39, 0.29) is 0 Å². The van der Waals surface area contributed by atoms with Gasteiger partial charge in [-0.15, -0.1) is 0 Å². The lowest BCUT2D eigenvalue weighted by Crippen LogP contribution is -2.40. The highest BCUT2D eigenvalue weighted by Gasteiger charge is 2.22. The Kier molecular flexibility index (Phi) is 5.77. The molecule has 0 spiro atoms. The van der Waals surface area contributed by atoms with Crippen LogP contribution in [0.2, 0.25) is 0 Å². The molecular weight excluding hydrogens is 248 g/mol. The molecule has 1 N–H and O–H groups in total. The topological polar surface area (TPSA) is 41.1 Å². The van der Waals surface area contributed by atoms with Crippen LogP contribution in [0.4, 0.5) is 5.95 Å². The van der Waals surface area contributed by atoms with Crippen LogP contribution < -0.4 is 10.2 Å². The van der Waals surface area contributed by atoms with E-state index in [1.54, 1.807) is 0 Å². The largest absolute Gasteiger partial charge is 0.338 e. The summed E-state index contributed by atoms with van der Waals surface area (Å²) >= 11 is 0. The third-order valence-electron chi connectivity index (χ3n) is 3.93. The Morgan fingerprint density at radius 2 is 2.05 bits per heavy atom. The Bertz CT molecular complexity index is 388. The Balaban J connectivity index is 1.93. The molecule has 1 aliphatic rings. The van der Waals surface area contributed by atoms with Gasteiger partial charge in [0.25, 0.3) is 0 Å². The van der Waals surface area contributed by atoms with Crippen molar-refractivity contribution >= 4 is 5.95 Å². The molecule has 2 heterocycles. The molecule has 0 amide bonds. The van der Waals surface area contributed by atoms with Gasteiger partial charge < -0.3 is 10.2 Å². The van der Waals surface area contributed by atoms with Gasteiger partial charge in [0.1, 0.15) is 0 Å². The number of nitrogens with zero attached hydrogens (tertiary/aromatic N) is 3. The monoisotopic (exact) mass is 276 g/mol. The third kappa shape index (κ3) is 4.17. The summed E-state index contributed by atoms with van der Waals surface area (Å²) in [5, 5.41) is 3.43. The zero-order valence-corrected chi connectivity index (χ0v) is 13.1. The molecule has 1 saturated heterocycles. The van der Waals surface area contributed by atoms with Gasteiger partial charge in [-0.3, -0.25) is 0 Å². The fraction of sp³-hybridized carbons (Fsp3) is 0.750. The second-order valence-corrected chi connectivity index (χ2v) is 6.17. The number of rotatable bonds is 6. The summed E-state index contributed by atoms with van der Waals surface area (Å²) in [5.41, 5.74) is 1.17. The first-order valence-electron chi connectivity index (χ1n) is 7.99. The second-order valence-electron chi connectivity index (χ2n) is 6.17. The average molecular weight is 276 g/mol. The van der Waals surface area contributed by atoms with Crippen LogP contribution in [0, 0.1) is 5.92 Å². The van der Waals surface area contributed by atoms with E-state index in [2.05, 4.69) is 41.0 Å². The smallest absolute Gasteiger partial charge is 0.225 e. The van der Waals surface area contributed by atoms with Crippen molar-refractivity contribution in [3.8, 4) is 0 Å².